The van der Waals surface area contributed by atoms with Crippen LogP contribution in [0.2, 0.25) is 0 Å². The number of benzene rings is 3. The summed E-state index contributed by atoms with van der Waals surface area (Å²) >= 11 is 3.48. The largest absolute Gasteiger partial charge is 0.497 e. The van der Waals surface area contributed by atoms with E-state index >= 15 is 0 Å². The number of carbonyl (C=O) groups excluding carboxylic acids is 1. The maximum atomic E-state index is 13.0. The standard InChI is InChI=1S/C27H26BrN3O3/c1-18-26(19(2)31(30-18)16-20-8-7-11-23(15-20)33-3)29-27(32)22-10-6-9-21(14-22)17-34-25-13-5-4-12-24(25)28/h4-15H,16-17H2,1-3H3,(H,29,32). The lowest BCUT2D eigenvalue weighted by molar-refractivity contribution is 0.102. The third-order valence-corrected chi connectivity index (χ3v) is 6.16. The van der Waals surface area contributed by atoms with Gasteiger partial charge in [-0.3, -0.25) is 9.48 Å². The number of methoxy groups -OCH3 is 1. The van der Waals surface area contributed by atoms with Crippen LogP contribution in [0.1, 0.15) is 32.9 Å². The first-order chi connectivity index (χ1) is 16.4. The second kappa shape index (κ2) is 10.6. The molecule has 34 heavy (non-hydrogen) atoms. The summed E-state index contributed by atoms with van der Waals surface area (Å²) in [4.78, 5) is 13.0. The van der Waals surface area contributed by atoms with E-state index in [-0.39, 0.29) is 5.91 Å². The van der Waals surface area contributed by atoms with Crippen molar-refractivity contribution in [2.24, 2.45) is 0 Å². The monoisotopic (exact) mass is 519 g/mol. The number of aryl methyl sites for hydroxylation is 1. The summed E-state index contributed by atoms with van der Waals surface area (Å²) in [6.45, 7) is 4.80. The van der Waals surface area contributed by atoms with Crippen LogP contribution in [-0.2, 0) is 13.2 Å². The Balaban J connectivity index is 1.46. The van der Waals surface area contributed by atoms with E-state index in [1.54, 1.807) is 13.2 Å². The Hall–Kier alpha value is -3.58. The molecule has 6 nitrogen and oxygen atoms in total. The molecular weight excluding hydrogens is 494 g/mol. The fourth-order valence-electron chi connectivity index (χ4n) is 3.69. The van der Waals surface area contributed by atoms with E-state index in [1.165, 1.54) is 0 Å². The minimum atomic E-state index is -0.185. The number of amides is 1. The van der Waals surface area contributed by atoms with Gasteiger partial charge in [0.2, 0.25) is 0 Å². The number of anilines is 1. The lowest BCUT2D eigenvalue weighted by Crippen LogP contribution is -2.14. The highest BCUT2D eigenvalue weighted by atomic mass is 79.9. The van der Waals surface area contributed by atoms with Gasteiger partial charge in [0, 0.05) is 5.56 Å². The molecular formula is C27H26BrN3O3. The highest BCUT2D eigenvalue weighted by Crippen LogP contribution is 2.25. The molecule has 1 heterocycles. The summed E-state index contributed by atoms with van der Waals surface area (Å²) in [5.41, 5.74) is 4.92. The molecule has 1 aromatic heterocycles. The molecule has 0 saturated carbocycles. The van der Waals surface area contributed by atoms with Gasteiger partial charge in [0.1, 0.15) is 18.1 Å². The van der Waals surface area contributed by atoms with E-state index in [0.717, 1.165) is 44.2 Å². The molecule has 0 bridgehead atoms. The molecule has 174 valence electrons. The van der Waals surface area contributed by atoms with Crippen molar-refractivity contribution in [3.8, 4) is 11.5 Å². The zero-order chi connectivity index (χ0) is 24.1. The van der Waals surface area contributed by atoms with Gasteiger partial charge in [-0.2, -0.15) is 5.10 Å². The fourth-order valence-corrected chi connectivity index (χ4v) is 4.09. The Morgan fingerprint density at radius 3 is 2.56 bits per heavy atom. The van der Waals surface area contributed by atoms with Crippen molar-refractivity contribution in [2.45, 2.75) is 27.0 Å². The summed E-state index contributed by atoms with van der Waals surface area (Å²) in [5.74, 6) is 1.37. The van der Waals surface area contributed by atoms with Crippen LogP contribution in [0.3, 0.4) is 0 Å². The highest BCUT2D eigenvalue weighted by Gasteiger charge is 2.16. The van der Waals surface area contributed by atoms with Crippen LogP contribution in [0, 0.1) is 13.8 Å². The Kier molecular flexibility index (Phi) is 7.33. The van der Waals surface area contributed by atoms with E-state index in [9.17, 15) is 4.79 Å². The van der Waals surface area contributed by atoms with Gasteiger partial charge >= 0.3 is 0 Å². The predicted molar refractivity (Wildman–Crippen MR) is 137 cm³/mol. The summed E-state index contributed by atoms with van der Waals surface area (Å²) in [6, 6.07) is 23.0. The second-order valence-corrected chi connectivity index (χ2v) is 8.78. The van der Waals surface area contributed by atoms with Crippen molar-refractivity contribution < 1.29 is 14.3 Å². The lowest BCUT2D eigenvalue weighted by Gasteiger charge is -2.10. The number of halogens is 1. The Morgan fingerprint density at radius 2 is 1.76 bits per heavy atom. The van der Waals surface area contributed by atoms with Crippen LogP contribution in [-0.4, -0.2) is 22.8 Å². The maximum absolute atomic E-state index is 13.0. The minimum Gasteiger partial charge on any atom is -0.497 e. The van der Waals surface area contributed by atoms with Gasteiger partial charge in [-0.1, -0.05) is 36.4 Å². The number of carbonyl (C=O) groups is 1. The van der Waals surface area contributed by atoms with Crippen LogP contribution in [0.25, 0.3) is 0 Å². The van der Waals surface area contributed by atoms with Crippen LogP contribution in [0.5, 0.6) is 11.5 Å². The molecule has 0 spiro atoms. The smallest absolute Gasteiger partial charge is 0.255 e. The lowest BCUT2D eigenvalue weighted by atomic mass is 10.1. The van der Waals surface area contributed by atoms with Gasteiger partial charge in [0.25, 0.3) is 5.91 Å². The average molecular weight is 520 g/mol. The van der Waals surface area contributed by atoms with Crippen molar-refractivity contribution in [1.29, 1.82) is 0 Å². The number of aromatic nitrogens is 2. The average Bonchev–Trinajstić information content (AvgIpc) is 3.11. The molecule has 3 aromatic carbocycles. The van der Waals surface area contributed by atoms with Gasteiger partial charge < -0.3 is 14.8 Å². The topological polar surface area (TPSA) is 65.4 Å². The number of hydrogen-bond donors (Lipinski definition) is 1. The molecule has 7 heteroatoms. The number of nitrogens with zero attached hydrogens (tertiary/aromatic N) is 2. The number of ether oxygens (including phenoxy) is 2. The van der Waals surface area contributed by atoms with Crippen molar-refractivity contribution in [3.05, 3.63) is 105 Å². The molecule has 0 aliphatic rings. The van der Waals surface area contributed by atoms with E-state index in [2.05, 4.69) is 26.3 Å². The first kappa shape index (κ1) is 23.6. The Bertz CT molecular complexity index is 1320. The molecule has 4 rings (SSSR count). The Morgan fingerprint density at radius 1 is 1.00 bits per heavy atom. The fraction of sp³-hybridized carbons (Fsp3) is 0.185. The molecule has 1 amide bonds. The van der Waals surface area contributed by atoms with Crippen molar-refractivity contribution in [3.63, 3.8) is 0 Å². The first-order valence-electron chi connectivity index (χ1n) is 10.9. The first-order valence-corrected chi connectivity index (χ1v) is 11.7. The SMILES string of the molecule is COc1cccc(Cn2nc(C)c(NC(=O)c3cccc(COc4ccccc4Br)c3)c2C)c1. The number of para-hydroxylation sites is 1. The number of nitrogens with one attached hydrogen (secondary N) is 1. The number of rotatable bonds is 8. The summed E-state index contributed by atoms with van der Waals surface area (Å²) < 4.78 is 14.0. The van der Waals surface area contributed by atoms with Gasteiger partial charge in [0.05, 0.1) is 35.2 Å². The number of hydrogen-bond acceptors (Lipinski definition) is 4. The summed E-state index contributed by atoms with van der Waals surface area (Å²) in [7, 11) is 1.65. The van der Waals surface area contributed by atoms with Crippen LogP contribution < -0.4 is 14.8 Å². The van der Waals surface area contributed by atoms with Gasteiger partial charge in [0.15, 0.2) is 0 Å². The van der Waals surface area contributed by atoms with E-state index in [0.29, 0.717) is 18.7 Å². The predicted octanol–water partition coefficient (Wildman–Crippen LogP) is 6.15. The highest BCUT2D eigenvalue weighted by molar-refractivity contribution is 9.10. The molecule has 1 N–H and O–H groups in total. The summed E-state index contributed by atoms with van der Waals surface area (Å²) in [5, 5.41) is 7.67. The molecule has 0 aliphatic carbocycles. The van der Waals surface area contributed by atoms with Gasteiger partial charge in [-0.25, -0.2) is 0 Å². The quantitative estimate of drug-likeness (QED) is 0.303. The van der Waals surface area contributed by atoms with Crippen LogP contribution >= 0.6 is 15.9 Å². The maximum Gasteiger partial charge on any atom is 0.255 e. The minimum absolute atomic E-state index is 0.185. The third kappa shape index (κ3) is 5.48. The molecule has 0 fully saturated rings. The molecule has 0 saturated heterocycles. The van der Waals surface area contributed by atoms with Crippen molar-refractivity contribution in [1.82, 2.24) is 9.78 Å². The van der Waals surface area contributed by atoms with Crippen LogP contribution in [0.4, 0.5) is 5.69 Å². The normalized spacial score (nSPS) is 10.7. The Labute approximate surface area is 207 Å². The molecule has 0 aliphatic heterocycles. The van der Waals surface area contributed by atoms with Crippen LogP contribution in [0.15, 0.2) is 77.3 Å². The molecule has 0 atom stereocenters. The van der Waals surface area contributed by atoms with Crippen molar-refractivity contribution >= 4 is 27.5 Å². The third-order valence-electron chi connectivity index (χ3n) is 5.51. The van der Waals surface area contributed by atoms with E-state index in [1.807, 2.05) is 85.3 Å². The zero-order valence-electron chi connectivity index (χ0n) is 19.3. The van der Waals surface area contributed by atoms with Gasteiger partial charge in [-0.05, 0) is 77.3 Å². The molecule has 0 unspecified atom stereocenters. The molecule has 0 radical (unpaired) electrons. The second-order valence-electron chi connectivity index (χ2n) is 7.93. The zero-order valence-corrected chi connectivity index (χ0v) is 20.9. The van der Waals surface area contributed by atoms with Crippen molar-refractivity contribution in [2.75, 3.05) is 12.4 Å². The van der Waals surface area contributed by atoms with E-state index in [4.69, 9.17) is 9.47 Å². The van der Waals surface area contributed by atoms with Gasteiger partial charge in [-0.15, -0.1) is 0 Å². The summed E-state index contributed by atoms with van der Waals surface area (Å²) in [6.07, 6.45) is 0. The molecule has 4 aromatic rings. The van der Waals surface area contributed by atoms with E-state index < -0.39 is 0 Å².